The number of H-pyrrole nitrogens is 1. The summed E-state index contributed by atoms with van der Waals surface area (Å²) in [7, 11) is 0. The number of nitrogens with two attached hydrogens (primary N) is 1. The lowest BCUT2D eigenvalue weighted by Gasteiger charge is -2.18. The number of aromatic amines is 1. The molecule has 3 N–H and O–H groups in total. The van der Waals surface area contributed by atoms with Gasteiger partial charge in [0, 0.05) is 29.8 Å². The standard InChI is InChI=1S/C11H15N5O2S/c12-8(3-7-4-13-6-14-7)11-15-10(16-18-11)9-5-19-2-1-17-9/h4,6,8-9H,1-3,5,12H2,(H,13,14)/t8-,9?/m1/s1. The van der Waals surface area contributed by atoms with Gasteiger partial charge in [-0.05, 0) is 0 Å². The Kier molecular flexibility index (Phi) is 3.81. The van der Waals surface area contributed by atoms with Crippen LogP contribution in [0.4, 0.5) is 0 Å². The highest BCUT2D eigenvalue weighted by Gasteiger charge is 2.24. The SMILES string of the molecule is N[C@H](Cc1cnc[nH]1)c1nc(C2CSCCO2)no1. The Balaban J connectivity index is 1.66. The van der Waals surface area contributed by atoms with Gasteiger partial charge < -0.3 is 20.0 Å². The van der Waals surface area contributed by atoms with E-state index in [0.29, 0.717) is 18.1 Å². The number of ether oxygens (including phenoxy) is 1. The molecule has 1 aliphatic rings. The van der Waals surface area contributed by atoms with Crippen molar-refractivity contribution in [3.05, 3.63) is 29.9 Å². The molecule has 2 atom stereocenters. The van der Waals surface area contributed by atoms with Crippen molar-refractivity contribution in [2.75, 3.05) is 18.1 Å². The number of thioether (sulfide) groups is 1. The van der Waals surface area contributed by atoms with Crippen LogP contribution in [0.3, 0.4) is 0 Å². The molecule has 0 spiro atoms. The summed E-state index contributed by atoms with van der Waals surface area (Å²) in [4.78, 5) is 11.3. The van der Waals surface area contributed by atoms with Gasteiger partial charge >= 0.3 is 0 Å². The highest BCUT2D eigenvalue weighted by Crippen LogP contribution is 2.25. The predicted molar refractivity (Wildman–Crippen MR) is 69.5 cm³/mol. The topological polar surface area (TPSA) is 103 Å². The summed E-state index contributed by atoms with van der Waals surface area (Å²) in [5.74, 6) is 2.89. The van der Waals surface area contributed by atoms with Gasteiger partial charge in [0.2, 0.25) is 11.7 Å². The van der Waals surface area contributed by atoms with Gasteiger partial charge in [0.15, 0.2) is 0 Å². The predicted octanol–water partition coefficient (Wildman–Crippen LogP) is 0.840. The summed E-state index contributed by atoms with van der Waals surface area (Å²) in [6, 6.07) is -0.335. The molecule has 1 aliphatic heterocycles. The Bertz CT molecular complexity index is 509. The van der Waals surface area contributed by atoms with E-state index in [9.17, 15) is 0 Å². The first kappa shape index (κ1) is 12.6. The van der Waals surface area contributed by atoms with Crippen molar-refractivity contribution in [2.45, 2.75) is 18.6 Å². The molecule has 0 amide bonds. The molecule has 1 unspecified atom stereocenters. The van der Waals surface area contributed by atoms with Crippen molar-refractivity contribution in [1.29, 1.82) is 0 Å². The molecule has 0 saturated carbocycles. The molecule has 7 nitrogen and oxygen atoms in total. The van der Waals surface area contributed by atoms with E-state index in [-0.39, 0.29) is 12.1 Å². The van der Waals surface area contributed by atoms with E-state index in [2.05, 4.69) is 20.1 Å². The van der Waals surface area contributed by atoms with Gasteiger partial charge in [-0.1, -0.05) is 5.16 Å². The molecular formula is C11H15N5O2S. The highest BCUT2D eigenvalue weighted by molar-refractivity contribution is 7.99. The van der Waals surface area contributed by atoms with E-state index < -0.39 is 0 Å². The number of aromatic nitrogens is 4. The molecule has 3 heterocycles. The van der Waals surface area contributed by atoms with E-state index in [4.69, 9.17) is 15.0 Å². The maximum atomic E-state index is 6.04. The Morgan fingerprint density at radius 3 is 3.26 bits per heavy atom. The normalized spacial score (nSPS) is 21.4. The van der Waals surface area contributed by atoms with Gasteiger partial charge in [-0.25, -0.2) is 4.98 Å². The van der Waals surface area contributed by atoms with Gasteiger partial charge in [-0.15, -0.1) is 0 Å². The lowest BCUT2D eigenvalue weighted by Crippen LogP contribution is -2.17. The summed E-state index contributed by atoms with van der Waals surface area (Å²) < 4.78 is 10.8. The Hall–Kier alpha value is -1.38. The second-order valence-electron chi connectivity index (χ2n) is 4.31. The van der Waals surface area contributed by atoms with Gasteiger partial charge in [0.25, 0.3) is 0 Å². The molecule has 0 radical (unpaired) electrons. The lowest BCUT2D eigenvalue weighted by molar-refractivity contribution is 0.0677. The van der Waals surface area contributed by atoms with Crippen LogP contribution in [-0.4, -0.2) is 38.2 Å². The van der Waals surface area contributed by atoms with Crippen molar-refractivity contribution in [3.63, 3.8) is 0 Å². The summed E-state index contributed by atoms with van der Waals surface area (Å²) in [5, 5.41) is 3.96. The van der Waals surface area contributed by atoms with Crippen molar-refractivity contribution in [3.8, 4) is 0 Å². The van der Waals surface area contributed by atoms with Crippen LogP contribution >= 0.6 is 11.8 Å². The van der Waals surface area contributed by atoms with Crippen LogP contribution in [0.25, 0.3) is 0 Å². The number of imidazole rings is 1. The minimum Gasteiger partial charge on any atom is -0.368 e. The second-order valence-corrected chi connectivity index (χ2v) is 5.46. The number of rotatable bonds is 4. The third-order valence-corrected chi connectivity index (χ3v) is 3.87. The second kappa shape index (κ2) is 5.72. The van der Waals surface area contributed by atoms with Crippen molar-refractivity contribution >= 4 is 11.8 Å². The van der Waals surface area contributed by atoms with Crippen LogP contribution in [0.1, 0.15) is 29.6 Å². The van der Waals surface area contributed by atoms with Crippen LogP contribution in [0.2, 0.25) is 0 Å². The molecule has 19 heavy (non-hydrogen) atoms. The van der Waals surface area contributed by atoms with Crippen LogP contribution in [0.15, 0.2) is 17.0 Å². The van der Waals surface area contributed by atoms with Gasteiger partial charge in [-0.2, -0.15) is 16.7 Å². The van der Waals surface area contributed by atoms with Crippen LogP contribution in [0, 0.1) is 0 Å². The number of hydrogen-bond donors (Lipinski definition) is 2. The fraction of sp³-hybridized carbons (Fsp3) is 0.545. The van der Waals surface area contributed by atoms with Crippen LogP contribution in [0.5, 0.6) is 0 Å². The van der Waals surface area contributed by atoms with Gasteiger partial charge in [0.1, 0.15) is 6.10 Å². The van der Waals surface area contributed by atoms with Crippen LogP contribution in [-0.2, 0) is 11.2 Å². The average Bonchev–Trinajstić information content (AvgIpc) is 3.10. The van der Waals surface area contributed by atoms with Gasteiger partial charge in [0.05, 0.1) is 19.0 Å². The maximum Gasteiger partial charge on any atom is 0.244 e. The zero-order valence-electron chi connectivity index (χ0n) is 10.3. The number of hydrogen-bond acceptors (Lipinski definition) is 7. The van der Waals surface area contributed by atoms with E-state index in [0.717, 1.165) is 23.8 Å². The fourth-order valence-electron chi connectivity index (χ4n) is 1.89. The summed E-state index contributed by atoms with van der Waals surface area (Å²) >= 11 is 1.83. The molecule has 1 saturated heterocycles. The Morgan fingerprint density at radius 2 is 2.53 bits per heavy atom. The largest absolute Gasteiger partial charge is 0.368 e. The van der Waals surface area contributed by atoms with E-state index in [1.807, 2.05) is 11.8 Å². The van der Waals surface area contributed by atoms with Crippen molar-refractivity contribution in [2.24, 2.45) is 5.73 Å². The first-order valence-corrected chi connectivity index (χ1v) is 7.24. The first-order valence-electron chi connectivity index (χ1n) is 6.08. The zero-order valence-corrected chi connectivity index (χ0v) is 11.1. The smallest absolute Gasteiger partial charge is 0.244 e. The molecule has 0 aliphatic carbocycles. The summed E-state index contributed by atoms with van der Waals surface area (Å²) in [6.07, 6.45) is 3.85. The summed E-state index contributed by atoms with van der Waals surface area (Å²) in [6.45, 7) is 0.722. The van der Waals surface area contributed by atoms with Crippen LogP contribution < -0.4 is 5.73 Å². The zero-order chi connectivity index (χ0) is 13.1. The minimum absolute atomic E-state index is 0.0874. The third kappa shape index (κ3) is 2.96. The first-order chi connectivity index (χ1) is 9.33. The lowest BCUT2D eigenvalue weighted by atomic mass is 10.2. The molecule has 0 aromatic carbocycles. The summed E-state index contributed by atoms with van der Waals surface area (Å²) in [5.41, 5.74) is 6.98. The highest BCUT2D eigenvalue weighted by atomic mass is 32.2. The maximum absolute atomic E-state index is 6.04. The van der Waals surface area contributed by atoms with Gasteiger partial charge in [-0.3, -0.25) is 0 Å². The minimum atomic E-state index is -0.335. The molecule has 1 fully saturated rings. The van der Waals surface area contributed by atoms with Crippen molar-refractivity contribution in [1.82, 2.24) is 20.1 Å². The Morgan fingerprint density at radius 1 is 1.58 bits per heavy atom. The number of nitrogens with zero attached hydrogens (tertiary/aromatic N) is 3. The van der Waals surface area contributed by atoms with Crippen molar-refractivity contribution < 1.29 is 9.26 Å². The van der Waals surface area contributed by atoms with E-state index in [1.54, 1.807) is 12.5 Å². The fourth-order valence-corrected chi connectivity index (χ4v) is 2.73. The average molecular weight is 281 g/mol. The molecule has 102 valence electrons. The molecule has 2 aromatic heterocycles. The molecule has 2 aromatic rings. The molecular weight excluding hydrogens is 266 g/mol. The molecule has 8 heteroatoms. The molecule has 0 bridgehead atoms. The third-order valence-electron chi connectivity index (χ3n) is 2.87. The molecule has 3 rings (SSSR count). The Labute approximate surface area is 114 Å². The van der Waals surface area contributed by atoms with E-state index >= 15 is 0 Å². The van der Waals surface area contributed by atoms with E-state index in [1.165, 1.54) is 0 Å². The quantitative estimate of drug-likeness (QED) is 0.855. The monoisotopic (exact) mass is 281 g/mol. The number of nitrogens with one attached hydrogen (secondary N) is 1.